The first-order valence-electron chi connectivity index (χ1n) is 6.02. The van der Waals surface area contributed by atoms with Gasteiger partial charge in [0, 0.05) is 28.1 Å². The van der Waals surface area contributed by atoms with E-state index in [0.717, 1.165) is 5.56 Å². The van der Waals surface area contributed by atoms with Crippen molar-refractivity contribution in [1.82, 2.24) is 4.90 Å². The quantitative estimate of drug-likeness (QED) is 0.708. The van der Waals surface area contributed by atoms with Gasteiger partial charge in [0.15, 0.2) is 0 Å². The van der Waals surface area contributed by atoms with Gasteiger partial charge in [0.1, 0.15) is 5.82 Å². The lowest BCUT2D eigenvalue weighted by molar-refractivity contribution is 0.0780. The van der Waals surface area contributed by atoms with Crippen molar-refractivity contribution in [1.29, 1.82) is 0 Å². The summed E-state index contributed by atoms with van der Waals surface area (Å²) in [5, 5.41) is 0.985. The molecule has 0 bridgehead atoms. The summed E-state index contributed by atoms with van der Waals surface area (Å²) in [6, 6.07) is 9.30. The zero-order chi connectivity index (χ0) is 15.6. The number of hydrogen-bond donors (Lipinski definition) is 0. The fourth-order valence-electron chi connectivity index (χ4n) is 1.91. The number of rotatable bonds is 3. The van der Waals surface area contributed by atoms with Crippen LogP contribution in [0.1, 0.15) is 15.9 Å². The van der Waals surface area contributed by atoms with Gasteiger partial charge in [-0.2, -0.15) is 0 Å². The summed E-state index contributed by atoms with van der Waals surface area (Å²) < 4.78 is 14.4. The summed E-state index contributed by atoms with van der Waals surface area (Å²) in [6.07, 6.45) is 0. The topological polar surface area (TPSA) is 20.3 Å². The van der Waals surface area contributed by atoms with E-state index in [-0.39, 0.29) is 12.1 Å². The number of nitrogens with zero attached hydrogens (tertiary/aromatic N) is 1. The summed E-state index contributed by atoms with van der Waals surface area (Å²) in [6.45, 7) is 0.283. The van der Waals surface area contributed by atoms with Crippen LogP contribution < -0.4 is 0 Å². The van der Waals surface area contributed by atoms with Gasteiger partial charge in [0.2, 0.25) is 0 Å². The van der Waals surface area contributed by atoms with Crippen molar-refractivity contribution < 1.29 is 9.18 Å². The van der Waals surface area contributed by atoms with Gasteiger partial charge in [-0.3, -0.25) is 4.79 Å². The predicted octanol–water partition coefficient (Wildman–Crippen LogP) is 5.17. The highest BCUT2D eigenvalue weighted by Gasteiger charge is 2.17. The molecule has 6 heteroatoms. The first kappa shape index (κ1) is 16.3. The van der Waals surface area contributed by atoms with Crippen LogP contribution in [0.4, 0.5) is 4.39 Å². The molecule has 0 aromatic heterocycles. The highest BCUT2D eigenvalue weighted by atomic mass is 79.9. The lowest BCUT2D eigenvalue weighted by atomic mass is 10.1. The molecule has 2 aromatic rings. The van der Waals surface area contributed by atoms with Gasteiger partial charge in [0.25, 0.3) is 5.91 Å². The Morgan fingerprint density at radius 2 is 1.81 bits per heavy atom. The fourth-order valence-corrected chi connectivity index (χ4v) is 2.85. The maximum atomic E-state index is 13.7. The van der Waals surface area contributed by atoms with E-state index in [1.54, 1.807) is 31.3 Å². The Balaban J connectivity index is 2.21. The fraction of sp³-hybridized carbons (Fsp3) is 0.133. The molecule has 21 heavy (non-hydrogen) atoms. The smallest absolute Gasteiger partial charge is 0.256 e. The summed E-state index contributed by atoms with van der Waals surface area (Å²) in [7, 11) is 1.59. The van der Waals surface area contributed by atoms with Crippen LogP contribution >= 0.6 is 39.1 Å². The number of halogens is 4. The molecule has 0 fully saturated rings. The minimum absolute atomic E-state index is 0.0139. The van der Waals surface area contributed by atoms with Crippen molar-refractivity contribution in [2.24, 2.45) is 0 Å². The minimum Gasteiger partial charge on any atom is -0.337 e. The second-order valence-corrected chi connectivity index (χ2v) is 6.35. The van der Waals surface area contributed by atoms with Crippen LogP contribution in [0.25, 0.3) is 0 Å². The zero-order valence-corrected chi connectivity index (χ0v) is 14.1. The van der Waals surface area contributed by atoms with Crippen LogP contribution in [0.15, 0.2) is 40.9 Å². The standard InChI is InChI=1S/C15H11BrCl2FNO/c1-20(8-9-4-11(17)7-12(18)5-9)15(21)13-6-10(16)2-3-14(13)19/h2-7H,8H2,1H3. The van der Waals surface area contributed by atoms with Gasteiger partial charge in [-0.05, 0) is 42.0 Å². The van der Waals surface area contributed by atoms with E-state index in [1.165, 1.54) is 17.0 Å². The maximum absolute atomic E-state index is 13.7. The average Bonchev–Trinajstić information content (AvgIpc) is 2.39. The van der Waals surface area contributed by atoms with E-state index < -0.39 is 11.7 Å². The van der Waals surface area contributed by atoms with Crippen molar-refractivity contribution in [3.63, 3.8) is 0 Å². The van der Waals surface area contributed by atoms with Gasteiger partial charge in [-0.15, -0.1) is 0 Å². The zero-order valence-electron chi connectivity index (χ0n) is 11.0. The third kappa shape index (κ3) is 4.19. The van der Waals surface area contributed by atoms with E-state index in [0.29, 0.717) is 14.5 Å². The van der Waals surface area contributed by atoms with Gasteiger partial charge in [-0.1, -0.05) is 39.1 Å². The van der Waals surface area contributed by atoms with Crippen LogP contribution in [0.2, 0.25) is 10.0 Å². The maximum Gasteiger partial charge on any atom is 0.256 e. The number of carbonyl (C=O) groups is 1. The van der Waals surface area contributed by atoms with E-state index in [4.69, 9.17) is 23.2 Å². The summed E-state index contributed by atoms with van der Waals surface area (Å²) in [5.74, 6) is -0.968. The summed E-state index contributed by atoms with van der Waals surface area (Å²) >= 11 is 15.1. The molecule has 0 atom stereocenters. The predicted molar refractivity (Wildman–Crippen MR) is 86.4 cm³/mol. The molecule has 0 spiro atoms. The van der Waals surface area contributed by atoms with E-state index >= 15 is 0 Å². The van der Waals surface area contributed by atoms with Crippen molar-refractivity contribution >= 4 is 45.0 Å². The van der Waals surface area contributed by atoms with Crippen molar-refractivity contribution in [3.8, 4) is 0 Å². The molecule has 0 saturated carbocycles. The van der Waals surface area contributed by atoms with Crippen molar-refractivity contribution in [2.75, 3.05) is 7.05 Å². The van der Waals surface area contributed by atoms with E-state index in [2.05, 4.69) is 15.9 Å². The average molecular weight is 391 g/mol. The lowest BCUT2D eigenvalue weighted by Crippen LogP contribution is -2.27. The Bertz CT molecular complexity index is 673. The number of carbonyl (C=O) groups excluding carboxylic acids is 1. The van der Waals surface area contributed by atoms with Crippen LogP contribution in [0.5, 0.6) is 0 Å². The molecule has 0 aliphatic carbocycles. The highest BCUT2D eigenvalue weighted by molar-refractivity contribution is 9.10. The van der Waals surface area contributed by atoms with E-state index in [9.17, 15) is 9.18 Å². The molecular weight excluding hydrogens is 380 g/mol. The SMILES string of the molecule is CN(Cc1cc(Cl)cc(Cl)c1)C(=O)c1cc(Br)ccc1F. The minimum atomic E-state index is -0.556. The normalized spacial score (nSPS) is 10.5. The Hall–Kier alpha value is -1.10. The molecule has 0 unspecified atom stereocenters. The largest absolute Gasteiger partial charge is 0.337 e. The van der Waals surface area contributed by atoms with Crippen LogP contribution in [0, 0.1) is 5.82 Å². The van der Waals surface area contributed by atoms with Gasteiger partial charge >= 0.3 is 0 Å². The third-order valence-corrected chi connectivity index (χ3v) is 3.78. The molecule has 0 aliphatic heterocycles. The van der Waals surface area contributed by atoms with Gasteiger partial charge in [0.05, 0.1) is 5.56 Å². The second kappa shape index (κ2) is 6.77. The van der Waals surface area contributed by atoms with Gasteiger partial charge < -0.3 is 4.90 Å². The van der Waals surface area contributed by atoms with Crippen LogP contribution in [-0.2, 0) is 6.54 Å². The van der Waals surface area contributed by atoms with Crippen molar-refractivity contribution in [3.05, 3.63) is 67.9 Å². The molecule has 1 amide bonds. The molecule has 2 nitrogen and oxygen atoms in total. The molecule has 2 aromatic carbocycles. The Morgan fingerprint density at radius 3 is 2.43 bits per heavy atom. The third-order valence-electron chi connectivity index (χ3n) is 2.85. The Kier molecular flexibility index (Phi) is 5.25. The van der Waals surface area contributed by atoms with Crippen molar-refractivity contribution in [2.45, 2.75) is 6.54 Å². The van der Waals surface area contributed by atoms with Crippen LogP contribution in [-0.4, -0.2) is 17.9 Å². The highest BCUT2D eigenvalue weighted by Crippen LogP contribution is 2.21. The molecule has 0 N–H and O–H groups in total. The summed E-state index contributed by atoms with van der Waals surface area (Å²) in [5.41, 5.74) is 0.791. The Morgan fingerprint density at radius 1 is 1.19 bits per heavy atom. The second-order valence-electron chi connectivity index (χ2n) is 4.56. The summed E-state index contributed by atoms with van der Waals surface area (Å²) in [4.78, 5) is 13.7. The number of hydrogen-bond acceptors (Lipinski definition) is 1. The number of amides is 1. The van der Waals surface area contributed by atoms with Gasteiger partial charge in [-0.25, -0.2) is 4.39 Å². The molecule has 2 rings (SSSR count). The first-order chi connectivity index (χ1) is 9.86. The first-order valence-corrected chi connectivity index (χ1v) is 7.57. The molecule has 0 heterocycles. The molecule has 0 saturated heterocycles. The van der Waals surface area contributed by atoms with E-state index in [1.807, 2.05) is 0 Å². The molecule has 110 valence electrons. The Labute approximate surface area is 140 Å². The molecular formula is C15H11BrCl2FNO. The number of benzene rings is 2. The van der Waals surface area contributed by atoms with Crippen LogP contribution in [0.3, 0.4) is 0 Å². The lowest BCUT2D eigenvalue weighted by Gasteiger charge is -2.18. The molecule has 0 aliphatic rings. The molecule has 0 radical (unpaired) electrons. The monoisotopic (exact) mass is 389 g/mol.